The van der Waals surface area contributed by atoms with Crippen molar-refractivity contribution >= 4 is 23.6 Å². The normalized spacial score (nSPS) is 11.9. The van der Waals surface area contributed by atoms with Crippen LogP contribution in [0.25, 0.3) is 17.4 Å². The first-order valence-corrected chi connectivity index (χ1v) is 15.3. The molecule has 1 aromatic heterocycles. The average molecular weight is 646 g/mol. The molecule has 47 heavy (non-hydrogen) atoms. The van der Waals surface area contributed by atoms with Gasteiger partial charge in [-0.3, -0.25) is 9.59 Å². The number of phenolic OH excluding ortho intramolecular Hbond substituents is 1. The fourth-order valence-electron chi connectivity index (χ4n) is 5.08. The SMILES string of the molecule is COc1c(F)cc(-c2ocnc2C(=O)NCCCc2ccc(NC(=O)/C=C/c3cc(C(C)(C)C)c(O)c(C(C)(C)C)c3)cc2)cc1F. The first kappa shape index (κ1) is 34.9. The van der Waals surface area contributed by atoms with E-state index in [4.69, 9.17) is 9.15 Å². The monoisotopic (exact) mass is 645 g/mol. The van der Waals surface area contributed by atoms with Crippen LogP contribution in [0.4, 0.5) is 14.5 Å². The van der Waals surface area contributed by atoms with Gasteiger partial charge in [-0.15, -0.1) is 0 Å². The molecule has 0 aliphatic heterocycles. The van der Waals surface area contributed by atoms with Gasteiger partial charge in [0.15, 0.2) is 35.2 Å². The van der Waals surface area contributed by atoms with E-state index in [9.17, 15) is 23.5 Å². The second-order valence-corrected chi connectivity index (χ2v) is 13.3. The quantitative estimate of drug-likeness (QED) is 0.119. The standard InChI is InChI=1S/C37H41F2N3O5/c1-36(2,3)26-17-23(18-27(32(26)44)37(4,5)6)12-15-30(43)42-25-13-10-22(11-14-25)9-8-16-40-35(45)31-33(47-21-41-31)24-19-28(38)34(46-7)29(39)20-24/h10-15,17-21,44H,8-9,16H2,1-7H3,(H,40,45)(H,42,43)/b15-12+. The summed E-state index contributed by atoms with van der Waals surface area (Å²) in [6, 6.07) is 13.3. The van der Waals surface area contributed by atoms with Gasteiger partial charge >= 0.3 is 0 Å². The van der Waals surface area contributed by atoms with Crippen molar-refractivity contribution in [2.45, 2.75) is 65.2 Å². The van der Waals surface area contributed by atoms with Crippen LogP contribution >= 0.6 is 0 Å². The number of phenols is 1. The van der Waals surface area contributed by atoms with Gasteiger partial charge in [0.2, 0.25) is 5.91 Å². The van der Waals surface area contributed by atoms with Crippen LogP contribution < -0.4 is 15.4 Å². The maximum absolute atomic E-state index is 14.2. The van der Waals surface area contributed by atoms with E-state index < -0.39 is 23.3 Å². The van der Waals surface area contributed by atoms with E-state index in [-0.39, 0.29) is 33.8 Å². The number of hydrogen-bond donors (Lipinski definition) is 3. The number of methoxy groups -OCH3 is 1. The first-order valence-electron chi connectivity index (χ1n) is 15.3. The van der Waals surface area contributed by atoms with Crippen molar-refractivity contribution in [3.63, 3.8) is 0 Å². The van der Waals surface area contributed by atoms with Gasteiger partial charge < -0.3 is 24.9 Å². The number of oxazole rings is 1. The lowest BCUT2D eigenvalue weighted by atomic mass is 9.78. The van der Waals surface area contributed by atoms with Crippen molar-refractivity contribution in [2.75, 3.05) is 19.0 Å². The van der Waals surface area contributed by atoms with Gasteiger partial charge in [0, 0.05) is 35.0 Å². The molecule has 0 fully saturated rings. The van der Waals surface area contributed by atoms with E-state index in [0.29, 0.717) is 30.8 Å². The number of aromatic nitrogens is 1. The van der Waals surface area contributed by atoms with Crippen molar-refractivity contribution in [3.05, 3.63) is 101 Å². The summed E-state index contributed by atoms with van der Waals surface area (Å²) in [6.07, 6.45) is 5.53. The van der Waals surface area contributed by atoms with Crippen molar-refractivity contribution in [3.8, 4) is 22.8 Å². The van der Waals surface area contributed by atoms with Gasteiger partial charge in [-0.1, -0.05) is 53.7 Å². The van der Waals surface area contributed by atoms with Gasteiger partial charge in [-0.05, 0) is 77.3 Å². The van der Waals surface area contributed by atoms with Crippen molar-refractivity contribution < 1.29 is 32.6 Å². The first-order chi connectivity index (χ1) is 22.1. The molecule has 1 heterocycles. The van der Waals surface area contributed by atoms with Crippen LogP contribution in [0.3, 0.4) is 0 Å². The molecule has 3 aromatic carbocycles. The smallest absolute Gasteiger partial charge is 0.273 e. The minimum atomic E-state index is -0.925. The van der Waals surface area contributed by atoms with Gasteiger partial charge in [-0.25, -0.2) is 13.8 Å². The second-order valence-electron chi connectivity index (χ2n) is 13.3. The largest absolute Gasteiger partial charge is 0.507 e. The number of anilines is 1. The topological polar surface area (TPSA) is 114 Å². The molecule has 3 N–H and O–H groups in total. The molecule has 0 unspecified atom stereocenters. The van der Waals surface area contributed by atoms with Gasteiger partial charge in [0.05, 0.1) is 7.11 Å². The van der Waals surface area contributed by atoms with E-state index in [2.05, 4.69) is 15.6 Å². The highest BCUT2D eigenvalue weighted by atomic mass is 19.1. The van der Waals surface area contributed by atoms with E-state index >= 15 is 0 Å². The number of benzene rings is 3. The molecule has 0 saturated carbocycles. The van der Waals surface area contributed by atoms with E-state index in [1.165, 1.54) is 6.08 Å². The molecule has 0 spiro atoms. The number of nitrogens with one attached hydrogen (secondary N) is 2. The van der Waals surface area contributed by atoms with Crippen LogP contribution in [0.1, 0.15) is 80.7 Å². The molecule has 0 atom stereocenters. The fraction of sp³-hybridized carbons (Fsp3) is 0.324. The van der Waals surface area contributed by atoms with Crippen molar-refractivity contribution in [1.29, 1.82) is 0 Å². The highest BCUT2D eigenvalue weighted by Crippen LogP contribution is 2.40. The Labute approximate surface area is 273 Å². The minimum Gasteiger partial charge on any atom is -0.507 e. The molecule has 248 valence electrons. The highest BCUT2D eigenvalue weighted by molar-refractivity contribution is 6.02. The van der Waals surface area contributed by atoms with Crippen LogP contribution in [0, 0.1) is 11.6 Å². The number of rotatable bonds is 10. The number of hydrogen-bond acceptors (Lipinski definition) is 6. The Hall–Kier alpha value is -4.99. The Bertz CT molecular complexity index is 1720. The van der Waals surface area contributed by atoms with Crippen LogP contribution in [0.2, 0.25) is 0 Å². The number of amides is 2. The number of carbonyl (C=O) groups excluding carboxylic acids is 2. The van der Waals surface area contributed by atoms with E-state index in [0.717, 1.165) is 47.9 Å². The molecular weight excluding hydrogens is 604 g/mol. The number of halogens is 2. The molecule has 4 rings (SSSR count). The number of ether oxygens (including phenoxy) is 1. The second kappa shape index (κ2) is 14.2. The molecule has 0 saturated heterocycles. The molecule has 0 bridgehead atoms. The van der Waals surface area contributed by atoms with E-state index in [1.807, 2.05) is 77.9 Å². The summed E-state index contributed by atoms with van der Waals surface area (Å²) in [7, 11) is 1.16. The van der Waals surface area contributed by atoms with Crippen molar-refractivity contribution in [2.24, 2.45) is 0 Å². The zero-order valence-corrected chi connectivity index (χ0v) is 27.8. The summed E-state index contributed by atoms with van der Waals surface area (Å²) in [5.41, 5.74) is 3.52. The Balaban J connectivity index is 1.30. The Morgan fingerprint density at radius 3 is 2.11 bits per heavy atom. The summed E-state index contributed by atoms with van der Waals surface area (Å²) in [5, 5.41) is 16.6. The Morgan fingerprint density at radius 2 is 1.55 bits per heavy atom. The molecule has 0 aliphatic carbocycles. The zero-order chi connectivity index (χ0) is 34.5. The predicted molar refractivity (Wildman–Crippen MR) is 179 cm³/mol. The fourth-order valence-corrected chi connectivity index (χ4v) is 5.08. The molecular formula is C37H41F2N3O5. The lowest BCUT2D eigenvalue weighted by molar-refractivity contribution is -0.111. The summed E-state index contributed by atoms with van der Waals surface area (Å²) >= 11 is 0. The van der Waals surface area contributed by atoms with Gasteiger partial charge in [0.25, 0.3) is 5.91 Å². The lowest BCUT2D eigenvalue weighted by Gasteiger charge is -2.27. The molecule has 8 nitrogen and oxygen atoms in total. The molecule has 2 amide bonds. The summed E-state index contributed by atoms with van der Waals surface area (Å²) in [4.78, 5) is 29.4. The zero-order valence-electron chi connectivity index (χ0n) is 27.8. The summed E-state index contributed by atoms with van der Waals surface area (Å²) < 4.78 is 38.3. The number of nitrogens with zero attached hydrogens (tertiary/aromatic N) is 1. The van der Waals surface area contributed by atoms with Crippen LogP contribution in [-0.4, -0.2) is 35.6 Å². The highest BCUT2D eigenvalue weighted by Gasteiger charge is 2.26. The third-order valence-corrected chi connectivity index (χ3v) is 7.57. The number of aryl methyl sites for hydroxylation is 1. The maximum Gasteiger partial charge on any atom is 0.273 e. The molecule has 4 aromatic rings. The third kappa shape index (κ3) is 8.64. The Morgan fingerprint density at radius 1 is 0.957 bits per heavy atom. The summed E-state index contributed by atoms with van der Waals surface area (Å²) in [6.45, 7) is 12.6. The number of aromatic hydroxyl groups is 1. The third-order valence-electron chi connectivity index (χ3n) is 7.57. The van der Waals surface area contributed by atoms with Crippen LogP contribution in [0.15, 0.2) is 65.4 Å². The molecule has 0 aliphatic rings. The van der Waals surface area contributed by atoms with Crippen LogP contribution in [-0.2, 0) is 22.0 Å². The Kier molecular flexibility index (Phi) is 10.5. The van der Waals surface area contributed by atoms with E-state index in [1.54, 1.807) is 6.08 Å². The lowest BCUT2D eigenvalue weighted by Crippen LogP contribution is -2.25. The van der Waals surface area contributed by atoms with Crippen LogP contribution in [0.5, 0.6) is 11.5 Å². The van der Waals surface area contributed by atoms with Gasteiger partial charge in [-0.2, -0.15) is 0 Å². The number of carbonyl (C=O) groups is 2. The average Bonchev–Trinajstić information content (AvgIpc) is 3.48. The molecule has 0 radical (unpaired) electrons. The van der Waals surface area contributed by atoms with Gasteiger partial charge in [0.1, 0.15) is 5.75 Å². The minimum absolute atomic E-state index is 0.0239. The maximum atomic E-state index is 14.2. The molecule has 10 heteroatoms. The summed E-state index contributed by atoms with van der Waals surface area (Å²) in [5.74, 6) is -2.96. The predicted octanol–water partition coefficient (Wildman–Crippen LogP) is 7.94. The van der Waals surface area contributed by atoms with Crippen molar-refractivity contribution in [1.82, 2.24) is 10.3 Å².